The van der Waals surface area contributed by atoms with Gasteiger partial charge in [-0.1, -0.05) is 48.2 Å². The Hall–Kier alpha value is -1.72. The zero-order valence-corrected chi connectivity index (χ0v) is 12.6. The third kappa shape index (κ3) is 4.39. The lowest BCUT2D eigenvalue weighted by Crippen LogP contribution is -2.35. The van der Waals surface area contributed by atoms with E-state index in [-0.39, 0.29) is 12.1 Å². The van der Waals surface area contributed by atoms with Crippen LogP contribution in [0.15, 0.2) is 72.1 Å². The molecule has 22 heavy (non-hydrogen) atoms. The molecule has 1 nitrogen and oxygen atoms in total. The summed E-state index contributed by atoms with van der Waals surface area (Å²) in [6, 6.07) is 12.4. The van der Waals surface area contributed by atoms with Gasteiger partial charge in [0.25, 0.3) is 0 Å². The number of benzene rings is 2. The summed E-state index contributed by atoms with van der Waals surface area (Å²) in [6.45, 7) is 3.72. The quantitative estimate of drug-likeness (QED) is 0.567. The number of alkyl halides is 2. The summed E-state index contributed by atoms with van der Waals surface area (Å²) in [5.74, 6) is -0.539. The maximum Gasteiger partial charge on any atom is 0.317 e. The molecule has 0 saturated carbocycles. The van der Waals surface area contributed by atoms with Crippen molar-refractivity contribution in [2.24, 2.45) is 0 Å². The lowest BCUT2D eigenvalue weighted by molar-refractivity contribution is 0.0601. The van der Waals surface area contributed by atoms with E-state index < -0.39 is 17.1 Å². The highest BCUT2D eigenvalue weighted by Crippen LogP contribution is 2.44. The minimum atomic E-state index is -3.14. The van der Waals surface area contributed by atoms with Gasteiger partial charge in [0.15, 0.2) is 0 Å². The molecule has 0 spiro atoms. The van der Waals surface area contributed by atoms with Gasteiger partial charge in [-0.15, -0.1) is 6.58 Å². The summed E-state index contributed by atoms with van der Waals surface area (Å²) < 4.78 is 42.7. The Kier molecular flexibility index (Phi) is 5.69. The van der Waals surface area contributed by atoms with Crippen molar-refractivity contribution in [3.8, 4) is 0 Å². The van der Waals surface area contributed by atoms with E-state index in [1.54, 1.807) is 30.3 Å². The van der Waals surface area contributed by atoms with Crippen LogP contribution >= 0.6 is 11.8 Å². The fraction of sp³-hybridized carbons (Fsp3) is 0.176. The molecule has 0 fully saturated rings. The molecule has 0 heterocycles. The molecule has 0 aromatic heterocycles. The van der Waals surface area contributed by atoms with E-state index in [1.165, 1.54) is 24.3 Å². The molecule has 0 saturated heterocycles. The van der Waals surface area contributed by atoms with Crippen molar-refractivity contribution < 1.29 is 13.2 Å². The van der Waals surface area contributed by atoms with Gasteiger partial charge in [-0.05, 0) is 29.8 Å². The van der Waals surface area contributed by atoms with E-state index in [4.69, 9.17) is 0 Å². The second-order valence-corrected chi connectivity index (χ2v) is 5.88. The van der Waals surface area contributed by atoms with E-state index in [1.807, 2.05) is 0 Å². The number of hydrogen-bond acceptors (Lipinski definition) is 2. The first-order valence-corrected chi connectivity index (χ1v) is 7.56. The van der Waals surface area contributed by atoms with Gasteiger partial charge in [0.1, 0.15) is 11.9 Å². The van der Waals surface area contributed by atoms with Crippen LogP contribution in [0, 0.1) is 5.82 Å². The monoisotopic (exact) mass is 323 g/mol. The summed E-state index contributed by atoms with van der Waals surface area (Å²) in [6.07, 6.45) is 1.50. The molecule has 2 rings (SSSR count). The fourth-order valence-corrected chi connectivity index (χ4v) is 2.97. The highest BCUT2D eigenvalue weighted by atomic mass is 32.2. The summed E-state index contributed by atoms with van der Waals surface area (Å²) in [5.41, 5.74) is 0.204. The number of hydrogen-bond donors (Lipinski definition) is 1. The van der Waals surface area contributed by atoms with Gasteiger partial charge in [-0.25, -0.2) is 4.39 Å². The van der Waals surface area contributed by atoms with Crippen LogP contribution in [0.2, 0.25) is 0 Å². The lowest BCUT2D eigenvalue weighted by Gasteiger charge is -2.27. The predicted molar refractivity (Wildman–Crippen MR) is 84.6 cm³/mol. The molecule has 0 radical (unpaired) electrons. The van der Waals surface area contributed by atoms with Gasteiger partial charge in [-0.2, -0.15) is 8.78 Å². The van der Waals surface area contributed by atoms with E-state index >= 15 is 0 Å². The van der Waals surface area contributed by atoms with E-state index in [0.29, 0.717) is 16.7 Å². The Morgan fingerprint density at radius 3 is 2.50 bits per heavy atom. The molecule has 0 aliphatic carbocycles. The highest BCUT2D eigenvalue weighted by Gasteiger charge is 2.41. The second-order valence-electron chi connectivity index (χ2n) is 4.66. The smallest absolute Gasteiger partial charge is 0.301 e. The average Bonchev–Trinajstić information content (AvgIpc) is 2.48. The first-order chi connectivity index (χ1) is 10.5. The van der Waals surface area contributed by atoms with E-state index in [9.17, 15) is 13.2 Å². The second kappa shape index (κ2) is 7.51. The summed E-state index contributed by atoms with van der Waals surface area (Å²) in [5, 5.41) is -0.423. The Labute approximate surface area is 132 Å². The SMILES string of the molecule is C=CCNC(c1cccc(F)c1)C(F)(F)Sc1ccccc1. The van der Waals surface area contributed by atoms with Crippen molar-refractivity contribution >= 4 is 11.8 Å². The summed E-state index contributed by atoms with van der Waals surface area (Å²) in [7, 11) is 0. The largest absolute Gasteiger partial charge is 0.317 e. The Bertz CT molecular complexity index is 616. The molecule has 2 aromatic rings. The van der Waals surface area contributed by atoms with Crippen molar-refractivity contribution in [1.82, 2.24) is 5.32 Å². The number of nitrogens with one attached hydrogen (secondary N) is 1. The van der Waals surface area contributed by atoms with Crippen LogP contribution < -0.4 is 5.32 Å². The maximum atomic E-state index is 14.7. The predicted octanol–water partition coefficient (Wildman–Crippen LogP) is 5.03. The molecule has 0 bridgehead atoms. The molecule has 2 aromatic carbocycles. The van der Waals surface area contributed by atoms with Gasteiger partial charge in [-0.3, -0.25) is 0 Å². The minimum absolute atomic E-state index is 0.201. The first-order valence-electron chi connectivity index (χ1n) is 6.74. The minimum Gasteiger partial charge on any atom is -0.301 e. The van der Waals surface area contributed by atoms with Crippen molar-refractivity contribution in [2.45, 2.75) is 16.2 Å². The third-order valence-corrected chi connectivity index (χ3v) is 4.00. The van der Waals surface area contributed by atoms with Gasteiger partial charge in [0, 0.05) is 11.4 Å². The molecule has 0 aliphatic rings. The third-order valence-electron chi connectivity index (χ3n) is 2.98. The van der Waals surface area contributed by atoms with Crippen LogP contribution in [0.3, 0.4) is 0 Å². The van der Waals surface area contributed by atoms with E-state index in [2.05, 4.69) is 11.9 Å². The topological polar surface area (TPSA) is 12.0 Å². The molecule has 0 amide bonds. The van der Waals surface area contributed by atoms with Crippen molar-refractivity contribution in [2.75, 3.05) is 6.54 Å². The van der Waals surface area contributed by atoms with Gasteiger partial charge in [0.05, 0.1) is 0 Å². The zero-order valence-electron chi connectivity index (χ0n) is 11.8. The van der Waals surface area contributed by atoms with Crippen LogP contribution in [0.25, 0.3) is 0 Å². The molecule has 5 heteroatoms. The molecule has 1 N–H and O–H groups in total. The maximum absolute atomic E-state index is 14.7. The normalized spacial score (nSPS) is 12.9. The highest BCUT2D eigenvalue weighted by molar-refractivity contribution is 8.00. The van der Waals surface area contributed by atoms with E-state index in [0.717, 1.165) is 6.07 Å². The van der Waals surface area contributed by atoms with Crippen LogP contribution in [-0.2, 0) is 0 Å². The Morgan fingerprint density at radius 1 is 1.14 bits per heavy atom. The molecular formula is C17H16F3NS. The molecule has 1 atom stereocenters. The average molecular weight is 323 g/mol. The van der Waals surface area contributed by atoms with Crippen LogP contribution in [0.4, 0.5) is 13.2 Å². The molecular weight excluding hydrogens is 307 g/mol. The number of thioether (sulfide) groups is 1. The fourth-order valence-electron chi connectivity index (χ4n) is 2.02. The van der Waals surface area contributed by atoms with Crippen molar-refractivity contribution in [3.63, 3.8) is 0 Å². The standard InChI is InChI=1S/C17H16F3NS/c1-2-11-21-16(13-7-6-8-14(18)12-13)17(19,20)22-15-9-4-3-5-10-15/h2-10,12,16,21H,1,11H2. The molecule has 1 unspecified atom stereocenters. The lowest BCUT2D eigenvalue weighted by atomic mass is 10.1. The molecule has 116 valence electrons. The van der Waals surface area contributed by atoms with Crippen LogP contribution in [-0.4, -0.2) is 11.8 Å². The van der Waals surface area contributed by atoms with Crippen LogP contribution in [0.1, 0.15) is 11.6 Å². The molecule has 0 aliphatic heterocycles. The zero-order chi connectivity index (χ0) is 16.0. The first kappa shape index (κ1) is 16.6. The summed E-state index contributed by atoms with van der Waals surface area (Å²) >= 11 is 0.453. The van der Waals surface area contributed by atoms with Crippen molar-refractivity contribution in [1.29, 1.82) is 0 Å². The number of rotatable bonds is 7. The van der Waals surface area contributed by atoms with Crippen LogP contribution in [0.5, 0.6) is 0 Å². The Balaban J connectivity index is 2.28. The van der Waals surface area contributed by atoms with Gasteiger partial charge in [0.2, 0.25) is 0 Å². The van der Waals surface area contributed by atoms with Crippen molar-refractivity contribution in [3.05, 3.63) is 78.6 Å². The Morgan fingerprint density at radius 2 is 1.86 bits per heavy atom. The van der Waals surface area contributed by atoms with Gasteiger partial charge >= 0.3 is 5.25 Å². The van der Waals surface area contributed by atoms with Gasteiger partial charge < -0.3 is 5.32 Å². The summed E-state index contributed by atoms with van der Waals surface area (Å²) in [4.78, 5) is 0.453. The number of halogens is 3.